The van der Waals surface area contributed by atoms with Crippen molar-refractivity contribution >= 4 is 23.3 Å². The molecule has 0 unspecified atom stereocenters. The maximum absolute atomic E-state index is 10.8. The molecule has 0 saturated heterocycles. The number of ether oxygens (including phenoxy) is 1. The van der Waals surface area contributed by atoms with Gasteiger partial charge in [-0.25, -0.2) is 0 Å². The minimum Gasteiger partial charge on any atom is -0.465 e. The maximum Gasteiger partial charge on any atom is 0.325 e. The second kappa shape index (κ2) is 6.84. The fourth-order valence-electron chi connectivity index (χ4n) is 0.588. The average molecular weight is 190 g/mol. The van der Waals surface area contributed by atoms with Crippen LogP contribution in [0.15, 0.2) is 0 Å². The molecule has 5 heteroatoms. The van der Waals surface area contributed by atoms with Gasteiger partial charge in [0.2, 0.25) is 0 Å². The van der Waals surface area contributed by atoms with Gasteiger partial charge in [0.15, 0.2) is 5.11 Å². The number of carbonyl (C=O) groups excluding carboxylic acids is 1. The van der Waals surface area contributed by atoms with Crippen LogP contribution in [0.4, 0.5) is 0 Å². The highest BCUT2D eigenvalue weighted by molar-refractivity contribution is 7.80. The van der Waals surface area contributed by atoms with E-state index in [-0.39, 0.29) is 12.5 Å². The summed E-state index contributed by atoms with van der Waals surface area (Å²) in [5, 5.41) is 6.05. The lowest BCUT2D eigenvalue weighted by molar-refractivity contribution is -0.141. The van der Waals surface area contributed by atoms with Gasteiger partial charge in [-0.05, 0) is 26.1 Å². The molecular formula is C7H14N2O2S. The van der Waals surface area contributed by atoms with Crippen LogP contribution < -0.4 is 10.6 Å². The summed E-state index contributed by atoms with van der Waals surface area (Å²) in [6, 6.07) is 0. The third-order valence-electron chi connectivity index (χ3n) is 1.04. The molecule has 0 bridgehead atoms. The smallest absolute Gasteiger partial charge is 0.325 e. The summed E-state index contributed by atoms with van der Waals surface area (Å²) in [5.41, 5.74) is 0. The second-order valence-electron chi connectivity index (χ2n) is 2.02. The van der Waals surface area contributed by atoms with E-state index in [1.54, 1.807) is 6.92 Å². The zero-order valence-electron chi connectivity index (χ0n) is 7.35. The number of hydrogen-bond donors (Lipinski definition) is 2. The number of carbonyl (C=O) groups is 1. The first-order valence-corrected chi connectivity index (χ1v) is 4.28. The Balaban J connectivity index is 3.40. The highest BCUT2D eigenvalue weighted by Gasteiger charge is 2.00. The van der Waals surface area contributed by atoms with E-state index >= 15 is 0 Å². The molecule has 0 radical (unpaired) electrons. The molecule has 0 rings (SSSR count). The van der Waals surface area contributed by atoms with Crippen LogP contribution in [0.1, 0.15) is 13.8 Å². The molecule has 0 fully saturated rings. The molecule has 0 aliphatic heterocycles. The van der Waals surface area contributed by atoms with Crippen molar-refractivity contribution in [2.24, 2.45) is 0 Å². The largest absolute Gasteiger partial charge is 0.465 e. The average Bonchev–Trinajstić information content (AvgIpc) is 2.02. The van der Waals surface area contributed by atoms with Crippen LogP contribution in [0.25, 0.3) is 0 Å². The van der Waals surface area contributed by atoms with Crippen LogP contribution in [0.3, 0.4) is 0 Å². The first kappa shape index (κ1) is 11.2. The lowest BCUT2D eigenvalue weighted by atomic mass is 10.6. The van der Waals surface area contributed by atoms with Crippen molar-refractivity contribution in [1.82, 2.24) is 10.6 Å². The Kier molecular flexibility index (Phi) is 6.37. The van der Waals surface area contributed by atoms with E-state index in [4.69, 9.17) is 12.2 Å². The quantitative estimate of drug-likeness (QED) is 0.484. The third kappa shape index (κ3) is 5.91. The van der Waals surface area contributed by atoms with Crippen LogP contribution in [0, 0.1) is 0 Å². The van der Waals surface area contributed by atoms with E-state index in [0.717, 1.165) is 6.54 Å². The number of thiocarbonyl (C=S) groups is 1. The molecule has 4 nitrogen and oxygen atoms in total. The van der Waals surface area contributed by atoms with Crippen molar-refractivity contribution in [2.75, 3.05) is 19.7 Å². The van der Waals surface area contributed by atoms with E-state index in [2.05, 4.69) is 15.4 Å². The van der Waals surface area contributed by atoms with Gasteiger partial charge in [-0.2, -0.15) is 0 Å². The fourth-order valence-corrected chi connectivity index (χ4v) is 0.804. The molecular weight excluding hydrogens is 176 g/mol. The van der Waals surface area contributed by atoms with Gasteiger partial charge >= 0.3 is 5.97 Å². The Hall–Kier alpha value is -0.840. The van der Waals surface area contributed by atoms with Gasteiger partial charge in [0.25, 0.3) is 0 Å². The normalized spacial score (nSPS) is 8.83. The zero-order valence-corrected chi connectivity index (χ0v) is 8.16. The Morgan fingerprint density at radius 2 is 2.08 bits per heavy atom. The van der Waals surface area contributed by atoms with E-state index < -0.39 is 0 Å². The van der Waals surface area contributed by atoms with Crippen molar-refractivity contribution in [1.29, 1.82) is 0 Å². The van der Waals surface area contributed by atoms with Gasteiger partial charge in [-0.3, -0.25) is 4.79 Å². The first-order chi connectivity index (χ1) is 5.70. The highest BCUT2D eigenvalue weighted by atomic mass is 32.1. The van der Waals surface area contributed by atoms with Crippen LogP contribution in [-0.2, 0) is 9.53 Å². The molecule has 0 aromatic heterocycles. The lowest BCUT2D eigenvalue weighted by Gasteiger charge is -2.07. The van der Waals surface area contributed by atoms with Gasteiger partial charge in [0, 0.05) is 6.54 Å². The van der Waals surface area contributed by atoms with Gasteiger partial charge in [0.05, 0.1) is 6.61 Å². The third-order valence-corrected chi connectivity index (χ3v) is 1.32. The molecule has 0 saturated carbocycles. The second-order valence-corrected chi connectivity index (χ2v) is 2.43. The van der Waals surface area contributed by atoms with Crippen molar-refractivity contribution < 1.29 is 9.53 Å². The predicted molar refractivity (Wildman–Crippen MR) is 50.9 cm³/mol. The first-order valence-electron chi connectivity index (χ1n) is 3.88. The Bertz CT molecular complexity index is 143. The molecule has 0 spiro atoms. The van der Waals surface area contributed by atoms with Gasteiger partial charge in [0.1, 0.15) is 6.54 Å². The molecule has 0 heterocycles. The van der Waals surface area contributed by atoms with Crippen molar-refractivity contribution in [3.05, 3.63) is 0 Å². The van der Waals surface area contributed by atoms with Crippen LogP contribution in [0.2, 0.25) is 0 Å². The summed E-state index contributed by atoms with van der Waals surface area (Å²) in [6.45, 7) is 4.96. The van der Waals surface area contributed by atoms with Gasteiger partial charge in [-0.1, -0.05) is 0 Å². The molecule has 0 atom stereocenters. The van der Waals surface area contributed by atoms with Gasteiger partial charge in [-0.15, -0.1) is 0 Å². The summed E-state index contributed by atoms with van der Waals surface area (Å²) in [5.74, 6) is -0.294. The van der Waals surface area contributed by atoms with Crippen LogP contribution in [-0.4, -0.2) is 30.8 Å². The molecule has 0 aliphatic rings. The van der Waals surface area contributed by atoms with Gasteiger partial charge < -0.3 is 15.4 Å². The molecule has 0 aliphatic carbocycles. The Labute approximate surface area is 77.7 Å². The van der Waals surface area contributed by atoms with Crippen LogP contribution in [0.5, 0.6) is 0 Å². The van der Waals surface area contributed by atoms with E-state index in [1.165, 1.54) is 0 Å². The fraction of sp³-hybridized carbons (Fsp3) is 0.714. The highest BCUT2D eigenvalue weighted by Crippen LogP contribution is 1.75. The molecule has 0 aromatic rings. The SMILES string of the molecule is CCNC(=S)NCC(=O)OCC. The molecule has 2 N–H and O–H groups in total. The van der Waals surface area contributed by atoms with E-state index in [1.807, 2.05) is 6.92 Å². The summed E-state index contributed by atoms with van der Waals surface area (Å²) >= 11 is 4.83. The Morgan fingerprint density at radius 3 is 2.58 bits per heavy atom. The summed E-state index contributed by atoms with van der Waals surface area (Å²) in [6.07, 6.45) is 0. The monoisotopic (exact) mass is 190 g/mol. The summed E-state index contributed by atoms with van der Waals surface area (Å²) < 4.78 is 4.68. The standard InChI is InChI=1S/C7H14N2O2S/c1-3-8-7(12)9-5-6(10)11-4-2/h3-5H2,1-2H3,(H2,8,9,12). The Morgan fingerprint density at radius 1 is 1.42 bits per heavy atom. The summed E-state index contributed by atoms with van der Waals surface area (Å²) in [7, 11) is 0. The van der Waals surface area contributed by atoms with Crippen molar-refractivity contribution in [2.45, 2.75) is 13.8 Å². The molecule has 12 heavy (non-hydrogen) atoms. The molecule has 0 aromatic carbocycles. The van der Waals surface area contributed by atoms with Crippen LogP contribution >= 0.6 is 12.2 Å². The number of hydrogen-bond acceptors (Lipinski definition) is 3. The minimum absolute atomic E-state index is 0.125. The maximum atomic E-state index is 10.8. The topological polar surface area (TPSA) is 50.4 Å². The number of rotatable bonds is 4. The van der Waals surface area contributed by atoms with Crippen molar-refractivity contribution in [3.63, 3.8) is 0 Å². The summed E-state index contributed by atoms with van der Waals surface area (Å²) in [4.78, 5) is 10.8. The van der Waals surface area contributed by atoms with Crippen molar-refractivity contribution in [3.8, 4) is 0 Å². The molecule has 70 valence electrons. The van der Waals surface area contributed by atoms with E-state index in [9.17, 15) is 4.79 Å². The zero-order chi connectivity index (χ0) is 9.40. The number of esters is 1. The molecule has 0 amide bonds. The number of nitrogens with one attached hydrogen (secondary N) is 2. The lowest BCUT2D eigenvalue weighted by Crippen LogP contribution is -2.38. The minimum atomic E-state index is -0.294. The predicted octanol–water partition coefficient (Wildman–Crippen LogP) is 0.0335. The van der Waals surface area contributed by atoms with E-state index in [0.29, 0.717) is 11.7 Å².